The average molecular weight is 369 g/mol. The molecule has 0 saturated carbocycles. The minimum Gasteiger partial charge on any atom is -0.481 e. The van der Waals surface area contributed by atoms with Gasteiger partial charge in [0.05, 0.1) is 6.10 Å². The summed E-state index contributed by atoms with van der Waals surface area (Å²) < 4.78 is 0. The number of benzene rings is 1. The Kier molecular flexibility index (Phi) is 5.77. The van der Waals surface area contributed by atoms with Crippen LogP contribution in [0.5, 0.6) is 0 Å². The van der Waals surface area contributed by atoms with Crippen LogP contribution in [0.2, 0.25) is 0 Å². The van der Waals surface area contributed by atoms with E-state index in [1.807, 2.05) is 67.7 Å². The molecule has 2 N–H and O–H groups in total. The number of hydrogen-bond donors (Lipinski definition) is 2. The van der Waals surface area contributed by atoms with Gasteiger partial charge in [0.15, 0.2) is 0 Å². The van der Waals surface area contributed by atoms with Crippen LogP contribution in [0.4, 0.5) is 5.82 Å². The van der Waals surface area contributed by atoms with Crippen LogP contribution in [0.15, 0.2) is 48.7 Å². The molecule has 27 heavy (non-hydrogen) atoms. The van der Waals surface area contributed by atoms with Crippen molar-refractivity contribution in [3.05, 3.63) is 59.8 Å². The maximum absolute atomic E-state index is 12.2. The molecule has 0 unspecified atom stereocenters. The second-order valence-electron chi connectivity index (χ2n) is 7.56. The Morgan fingerprint density at radius 1 is 1.22 bits per heavy atom. The Hall–Kier alpha value is -2.44. The smallest absolute Gasteiger partial charge is 0.313 e. The van der Waals surface area contributed by atoms with E-state index < -0.39 is 17.5 Å². The van der Waals surface area contributed by atoms with Gasteiger partial charge in [-0.25, -0.2) is 4.98 Å². The van der Waals surface area contributed by atoms with E-state index in [9.17, 15) is 15.0 Å². The molecule has 1 aliphatic rings. The summed E-state index contributed by atoms with van der Waals surface area (Å²) in [5, 5.41) is 20.6. The van der Waals surface area contributed by atoms with Gasteiger partial charge in [0.1, 0.15) is 11.2 Å². The van der Waals surface area contributed by atoms with Gasteiger partial charge in [0.2, 0.25) is 0 Å². The lowest BCUT2D eigenvalue weighted by molar-refractivity contribution is -0.163. The van der Waals surface area contributed by atoms with Crippen molar-refractivity contribution in [2.24, 2.45) is 5.41 Å². The Labute approximate surface area is 160 Å². The number of carboxylic acids is 1. The van der Waals surface area contributed by atoms with E-state index in [2.05, 4.69) is 9.88 Å². The van der Waals surface area contributed by atoms with Crippen molar-refractivity contribution >= 4 is 11.8 Å². The average Bonchev–Trinajstić information content (AvgIpc) is 2.65. The highest BCUT2D eigenvalue weighted by Crippen LogP contribution is 2.35. The van der Waals surface area contributed by atoms with E-state index in [1.54, 1.807) is 0 Å². The number of carboxylic acid groups (broad SMARTS) is 1. The Balaban J connectivity index is 1.77. The highest BCUT2D eigenvalue weighted by atomic mass is 16.4. The van der Waals surface area contributed by atoms with Gasteiger partial charge in [-0.3, -0.25) is 9.69 Å². The predicted octanol–water partition coefficient (Wildman–Crippen LogP) is 2.03. The van der Waals surface area contributed by atoms with Crippen molar-refractivity contribution in [2.45, 2.75) is 25.5 Å². The number of rotatable bonds is 6. The molecule has 2 aromatic rings. The largest absolute Gasteiger partial charge is 0.481 e. The third-order valence-electron chi connectivity index (χ3n) is 5.32. The topological polar surface area (TPSA) is 76.9 Å². The van der Waals surface area contributed by atoms with Gasteiger partial charge in [-0.15, -0.1) is 0 Å². The molecule has 1 fully saturated rings. The van der Waals surface area contributed by atoms with E-state index >= 15 is 0 Å². The summed E-state index contributed by atoms with van der Waals surface area (Å²) in [5.74, 6) is -0.0542. The first kappa shape index (κ1) is 19.3. The molecule has 0 aliphatic carbocycles. The van der Waals surface area contributed by atoms with Gasteiger partial charge in [-0.1, -0.05) is 36.4 Å². The Morgan fingerprint density at radius 2 is 1.96 bits per heavy atom. The molecule has 6 nitrogen and oxygen atoms in total. The number of anilines is 1. The number of aliphatic carboxylic acids is 1. The van der Waals surface area contributed by atoms with Gasteiger partial charge in [0.25, 0.3) is 0 Å². The fourth-order valence-corrected chi connectivity index (χ4v) is 3.75. The number of carbonyl (C=O) groups is 1. The summed E-state index contributed by atoms with van der Waals surface area (Å²) in [7, 11) is 3.89. The van der Waals surface area contributed by atoms with Gasteiger partial charge < -0.3 is 15.1 Å². The number of piperidine rings is 1. The first-order valence-electron chi connectivity index (χ1n) is 9.21. The molecule has 0 spiro atoms. The molecule has 0 amide bonds. The summed E-state index contributed by atoms with van der Waals surface area (Å²) in [6.07, 6.45) is 1.74. The highest BCUT2D eigenvalue weighted by Gasteiger charge is 2.49. The van der Waals surface area contributed by atoms with Crippen molar-refractivity contribution < 1.29 is 15.0 Å². The van der Waals surface area contributed by atoms with Crippen molar-refractivity contribution in [3.63, 3.8) is 0 Å². The number of aromatic nitrogens is 1. The highest BCUT2D eigenvalue weighted by molar-refractivity contribution is 5.76. The van der Waals surface area contributed by atoms with Crippen LogP contribution in [-0.2, 0) is 17.8 Å². The van der Waals surface area contributed by atoms with Crippen LogP contribution in [0.3, 0.4) is 0 Å². The normalized spacial score (nSPS) is 23.1. The van der Waals surface area contributed by atoms with Crippen LogP contribution < -0.4 is 4.90 Å². The number of aliphatic hydroxyl groups is 1. The number of hydrogen-bond acceptors (Lipinski definition) is 5. The van der Waals surface area contributed by atoms with E-state index in [0.717, 1.165) is 16.9 Å². The predicted molar refractivity (Wildman–Crippen MR) is 105 cm³/mol. The lowest BCUT2D eigenvalue weighted by Crippen LogP contribution is -2.56. The minimum atomic E-state index is -1.20. The summed E-state index contributed by atoms with van der Waals surface area (Å²) in [5.41, 5.74) is 0.769. The second kappa shape index (κ2) is 8.06. The molecule has 144 valence electrons. The molecule has 2 heterocycles. The zero-order chi connectivity index (χ0) is 19.4. The fraction of sp³-hybridized carbons (Fsp3) is 0.429. The molecule has 1 aromatic heterocycles. The van der Waals surface area contributed by atoms with Crippen LogP contribution in [0.1, 0.15) is 17.5 Å². The second-order valence-corrected chi connectivity index (χ2v) is 7.56. The van der Waals surface area contributed by atoms with Gasteiger partial charge in [-0.2, -0.15) is 0 Å². The first-order valence-corrected chi connectivity index (χ1v) is 9.21. The molecular formula is C21H27N3O3. The summed E-state index contributed by atoms with van der Waals surface area (Å²) in [4.78, 5) is 20.7. The minimum absolute atomic E-state index is 0.313. The molecule has 1 aromatic carbocycles. The monoisotopic (exact) mass is 369 g/mol. The number of aliphatic hydroxyl groups excluding tert-OH is 1. The van der Waals surface area contributed by atoms with Crippen molar-refractivity contribution in [2.75, 3.05) is 32.1 Å². The molecule has 0 bridgehead atoms. The van der Waals surface area contributed by atoms with Crippen molar-refractivity contribution in [1.29, 1.82) is 0 Å². The summed E-state index contributed by atoms with van der Waals surface area (Å²) >= 11 is 0. The molecule has 6 heteroatoms. The van der Waals surface area contributed by atoms with Crippen LogP contribution in [0.25, 0.3) is 0 Å². The maximum Gasteiger partial charge on any atom is 0.313 e. The van der Waals surface area contributed by atoms with Crippen LogP contribution in [-0.4, -0.2) is 59.4 Å². The van der Waals surface area contributed by atoms with E-state index in [0.29, 0.717) is 32.5 Å². The fourth-order valence-electron chi connectivity index (χ4n) is 3.75. The lowest BCUT2D eigenvalue weighted by Gasteiger charge is -2.43. The number of likely N-dealkylation sites (tertiary alicyclic amines) is 1. The first-order chi connectivity index (χ1) is 12.9. The molecule has 1 saturated heterocycles. The summed E-state index contributed by atoms with van der Waals surface area (Å²) in [6.45, 7) is 1.60. The SMILES string of the molecule is CN(C)c1ccc(CN2CC[C@H](O)[C@@](Cc3ccccc3)(C(=O)O)C2)cn1. The quantitative estimate of drug-likeness (QED) is 0.811. The van der Waals surface area contributed by atoms with E-state index in [1.165, 1.54) is 0 Å². The molecule has 1 aliphatic heterocycles. The van der Waals surface area contributed by atoms with Gasteiger partial charge in [-0.05, 0) is 30.0 Å². The molecular weight excluding hydrogens is 342 g/mol. The zero-order valence-corrected chi connectivity index (χ0v) is 15.9. The van der Waals surface area contributed by atoms with Gasteiger partial charge >= 0.3 is 5.97 Å². The standard InChI is InChI=1S/C21H27N3O3/c1-23(2)19-9-8-17(13-22-19)14-24-11-10-18(25)21(15-24,20(26)27)12-16-6-4-3-5-7-16/h3-9,13,18,25H,10-12,14-15H2,1-2H3,(H,26,27)/t18-,21-/m0/s1. The molecule has 2 atom stereocenters. The lowest BCUT2D eigenvalue weighted by atomic mass is 9.73. The molecule has 0 radical (unpaired) electrons. The van der Waals surface area contributed by atoms with Crippen LogP contribution >= 0.6 is 0 Å². The van der Waals surface area contributed by atoms with Crippen molar-refractivity contribution in [1.82, 2.24) is 9.88 Å². The van der Waals surface area contributed by atoms with Gasteiger partial charge in [0, 0.05) is 39.9 Å². The maximum atomic E-state index is 12.2. The Bertz CT molecular complexity index is 764. The molecule has 3 rings (SSSR count). The van der Waals surface area contributed by atoms with Crippen LogP contribution in [0, 0.1) is 5.41 Å². The summed E-state index contributed by atoms with van der Waals surface area (Å²) in [6, 6.07) is 13.5. The van der Waals surface area contributed by atoms with E-state index in [4.69, 9.17) is 0 Å². The third kappa shape index (κ3) is 4.28. The van der Waals surface area contributed by atoms with Crippen molar-refractivity contribution in [3.8, 4) is 0 Å². The number of pyridine rings is 1. The Morgan fingerprint density at radius 3 is 2.56 bits per heavy atom. The zero-order valence-electron chi connectivity index (χ0n) is 15.9. The third-order valence-corrected chi connectivity index (χ3v) is 5.32. The number of nitrogens with zero attached hydrogens (tertiary/aromatic N) is 3. The van der Waals surface area contributed by atoms with E-state index in [-0.39, 0.29) is 0 Å².